The Hall–Kier alpha value is -2.04. The Kier molecular flexibility index (Phi) is 7.79. The highest BCUT2D eigenvalue weighted by atomic mass is 32.2. The fourth-order valence-electron chi connectivity index (χ4n) is 3.79. The molecule has 1 aliphatic carbocycles. The zero-order valence-corrected chi connectivity index (χ0v) is 17.6. The molecule has 2 N–H and O–H groups in total. The Morgan fingerprint density at radius 2 is 1.70 bits per heavy atom. The summed E-state index contributed by atoms with van der Waals surface area (Å²) in [6.45, 7) is 2.42. The van der Waals surface area contributed by atoms with Crippen LogP contribution in [0, 0.1) is 17.7 Å². The van der Waals surface area contributed by atoms with Crippen molar-refractivity contribution in [1.29, 1.82) is 0 Å². The summed E-state index contributed by atoms with van der Waals surface area (Å²) in [6.07, 6.45) is 2.75. The lowest BCUT2D eigenvalue weighted by atomic mass is 9.81. The van der Waals surface area contributed by atoms with Gasteiger partial charge in [0.25, 0.3) is 0 Å². The van der Waals surface area contributed by atoms with Gasteiger partial charge in [-0.3, -0.25) is 9.59 Å². The van der Waals surface area contributed by atoms with Gasteiger partial charge in [0.1, 0.15) is 5.82 Å². The largest absolute Gasteiger partial charge is 0.378 e. The summed E-state index contributed by atoms with van der Waals surface area (Å²) in [6, 6.07) is 4.69. The molecule has 1 aromatic carbocycles. The molecule has 0 aromatic heterocycles. The first-order chi connectivity index (χ1) is 14.3. The van der Waals surface area contributed by atoms with Gasteiger partial charge in [0.15, 0.2) is 0 Å². The van der Waals surface area contributed by atoms with Crippen molar-refractivity contribution in [3.8, 4) is 0 Å². The molecule has 0 atom stereocenters. The maximum atomic E-state index is 13.0. The van der Waals surface area contributed by atoms with Crippen LogP contribution in [0.2, 0.25) is 0 Å². The first-order valence-corrected chi connectivity index (χ1v) is 11.7. The molecular formula is C20H28FN3O5S. The molecule has 1 aliphatic heterocycles. The Labute approximate surface area is 176 Å². The fourth-order valence-corrected chi connectivity index (χ4v) is 4.90. The number of carbonyl (C=O) groups is 2. The summed E-state index contributed by atoms with van der Waals surface area (Å²) in [4.78, 5) is 26.2. The quantitative estimate of drug-likeness (QED) is 0.654. The van der Waals surface area contributed by atoms with E-state index >= 15 is 0 Å². The predicted octanol–water partition coefficient (Wildman–Crippen LogP) is 0.885. The van der Waals surface area contributed by atoms with E-state index in [1.165, 1.54) is 12.1 Å². The molecular weight excluding hydrogens is 413 g/mol. The summed E-state index contributed by atoms with van der Waals surface area (Å²) in [5.74, 6) is -0.735. The van der Waals surface area contributed by atoms with E-state index in [1.54, 1.807) is 4.90 Å². The van der Waals surface area contributed by atoms with Crippen LogP contribution in [0.5, 0.6) is 0 Å². The third-order valence-electron chi connectivity index (χ3n) is 5.68. The smallest absolute Gasteiger partial charge is 0.242 e. The van der Waals surface area contributed by atoms with Crippen molar-refractivity contribution in [1.82, 2.24) is 14.9 Å². The number of benzene rings is 1. The second-order valence-corrected chi connectivity index (χ2v) is 9.50. The van der Waals surface area contributed by atoms with E-state index < -0.39 is 15.8 Å². The first kappa shape index (κ1) is 22.6. The highest BCUT2D eigenvalue weighted by Crippen LogP contribution is 2.28. The van der Waals surface area contributed by atoms with Crippen molar-refractivity contribution in [2.45, 2.75) is 30.6 Å². The number of carbonyl (C=O) groups excluding carboxylic acids is 2. The zero-order chi connectivity index (χ0) is 21.6. The number of hydrogen-bond acceptors (Lipinski definition) is 5. The Morgan fingerprint density at radius 1 is 1.07 bits per heavy atom. The SMILES string of the molecule is O=C(NCC(=O)N1CCOCC1)C1CCC(CNS(=O)(=O)c2ccc(F)cc2)CC1. The highest BCUT2D eigenvalue weighted by molar-refractivity contribution is 7.89. The number of rotatable bonds is 7. The van der Waals surface area contributed by atoms with Crippen LogP contribution in [0.4, 0.5) is 4.39 Å². The van der Waals surface area contributed by atoms with Gasteiger partial charge in [0.2, 0.25) is 21.8 Å². The number of nitrogens with zero attached hydrogens (tertiary/aromatic N) is 1. The molecule has 1 aromatic rings. The normalized spacial score (nSPS) is 22.5. The third kappa shape index (κ3) is 6.23. The van der Waals surface area contributed by atoms with Crippen molar-refractivity contribution >= 4 is 21.8 Å². The van der Waals surface area contributed by atoms with Crippen molar-refractivity contribution in [2.24, 2.45) is 11.8 Å². The summed E-state index contributed by atoms with van der Waals surface area (Å²) >= 11 is 0. The molecule has 0 unspecified atom stereocenters. The maximum absolute atomic E-state index is 13.0. The van der Waals surface area contributed by atoms with Gasteiger partial charge in [-0.1, -0.05) is 0 Å². The lowest BCUT2D eigenvalue weighted by Crippen LogP contribution is -2.46. The van der Waals surface area contributed by atoms with Crippen LogP contribution in [-0.2, 0) is 24.3 Å². The van der Waals surface area contributed by atoms with Gasteiger partial charge >= 0.3 is 0 Å². The van der Waals surface area contributed by atoms with E-state index in [1.807, 2.05) is 0 Å². The Morgan fingerprint density at radius 3 is 2.33 bits per heavy atom. The molecule has 0 bridgehead atoms. The van der Waals surface area contributed by atoms with Gasteiger partial charge in [-0.05, 0) is 55.9 Å². The number of amides is 2. The van der Waals surface area contributed by atoms with E-state index in [0.717, 1.165) is 25.0 Å². The number of halogens is 1. The molecule has 3 rings (SSSR count). The second kappa shape index (κ2) is 10.3. The first-order valence-electron chi connectivity index (χ1n) is 10.2. The third-order valence-corrected chi connectivity index (χ3v) is 7.12. The van der Waals surface area contributed by atoms with Gasteiger partial charge < -0.3 is 15.0 Å². The van der Waals surface area contributed by atoms with Gasteiger partial charge in [0.05, 0.1) is 24.7 Å². The van der Waals surface area contributed by atoms with Crippen LogP contribution in [0.1, 0.15) is 25.7 Å². The molecule has 2 amide bonds. The lowest BCUT2D eigenvalue weighted by Gasteiger charge is -2.29. The topological polar surface area (TPSA) is 105 Å². The van der Waals surface area contributed by atoms with E-state index in [2.05, 4.69) is 10.0 Å². The van der Waals surface area contributed by atoms with Crippen molar-refractivity contribution in [2.75, 3.05) is 39.4 Å². The molecule has 30 heavy (non-hydrogen) atoms. The molecule has 2 aliphatic rings. The maximum Gasteiger partial charge on any atom is 0.242 e. The average molecular weight is 442 g/mol. The zero-order valence-electron chi connectivity index (χ0n) is 16.8. The van der Waals surface area contributed by atoms with Gasteiger partial charge in [-0.2, -0.15) is 0 Å². The van der Waals surface area contributed by atoms with E-state index in [4.69, 9.17) is 4.74 Å². The van der Waals surface area contributed by atoms with E-state index in [-0.39, 0.29) is 41.6 Å². The summed E-state index contributed by atoms with van der Waals surface area (Å²) in [5, 5.41) is 2.73. The number of hydrogen-bond donors (Lipinski definition) is 2. The fraction of sp³-hybridized carbons (Fsp3) is 0.600. The second-order valence-electron chi connectivity index (χ2n) is 7.73. The van der Waals surface area contributed by atoms with Crippen molar-refractivity contribution in [3.63, 3.8) is 0 Å². The number of morpholine rings is 1. The van der Waals surface area contributed by atoms with Crippen LogP contribution in [0.3, 0.4) is 0 Å². The van der Waals surface area contributed by atoms with E-state index in [9.17, 15) is 22.4 Å². The Bertz CT molecular complexity index is 833. The molecule has 1 saturated carbocycles. The van der Waals surface area contributed by atoms with Gasteiger partial charge in [0, 0.05) is 25.6 Å². The Balaban J connectivity index is 1.38. The summed E-state index contributed by atoms with van der Waals surface area (Å²) in [7, 11) is -3.68. The molecule has 1 heterocycles. The molecule has 166 valence electrons. The van der Waals surface area contributed by atoms with Gasteiger partial charge in [-0.15, -0.1) is 0 Å². The molecule has 0 spiro atoms. The van der Waals surface area contributed by atoms with Crippen LogP contribution in [0.25, 0.3) is 0 Å². The molecule has 0 radical (unpaired) electrons. The van der Waals surface area contributed by atoms with Crippen LogP contribution in [-0.4, -0.2) is 64.5 Å². The van der Waals surface area contributed by atoms with Crippen LogP contribution in [0.15, 0.2) is 29.2 Å². The van der Waals surface area contributed by atoms with Crippen LogP contribution >= 0.6 is 0 Å². The predicted molar refractivity (Wildman–Crippen MR) is 107 cm³/mol. The highest BCUT2D eigenvalue weighted by Gasteiger charge is 2.28. The van der Waals surface area contributed by atoms with Crippen LogP contribution < -0.4 is 10.0 Å². The lowest BCUT2D eigenvalue weighted by molar-refractivity contribution is -0.137. The van der Waals surface area contributed by atoms with Crippen molar-refractivity contribution < 1.29 is 27.1 Å². The number of nitrogens with one attached hydrogen (secondary N) is 2. The molecule has 10 heteroatoms. The monoisotopic (exact) mass is 441 g/mol. The standard InChI is InChI=1S/C20H28FN3O5S/c21-17-5-7-18(8-6-17)30(27,28)23-13-15-1-3-16(4-2-15)20(26)22-14-19(25)24-9-11-29-12-10-24/h5-8,15-16,23H,1-4,9-14H2,(H,22,26). The van der Waals surface area contributed by atoms with E-state index in [0.29, 0.717) is 39.1 Å². The minimum atomic E-state index is -3.68. The minimum Gasteiger partial charge on any atom is -0.378 e. The minimum absolute atomic E-state index is 0.00374. The summed E-state index contributed by atoms with van der Waals surface area (Å²) < 4.78 is 45.4. The summed E-state index contributed by atoms with van der Waals surface area (Å²) in [5.41, 5.74) is 0. The van der Waals surface area contributed by atoms with Crippen molar-refractivity contribution in [3.05, 3.63) is 30.1 Å². The molecule has 8 nitrogen and oxygen atoms in total. The van der Waals surface area contributed by atoms with Gasteiger partial charge in [-0.25, -0.2) is 17.5 Å². The average Bonchev–Trinajstić information content (AvgIpc) is 2.77. The molecule has 1 saturated heterocycles. The molecule has 2 fully saturated rings. The number of ether oxygens (including phenoxy) is 1. The number of sulfonamides is 1.